The van der Waals surface area contributed by atoms with Gasteiger partial charge in [0.05, 0.1) is 18.7 Å². The van der Waals surface area contributed by atoms with Gasteiger partial charge in [-0.3, -0.25) is 4.79 Å². The number of ether oxygens (including phenoxy) is 1. The van der Waals surface area contributed by atoms with Gasteiger partial charge in [0.25, 0.3) is 0 Å². The molecule has 0 unspecified atom stereocenters. The van der Waals surface area contributed by atoms with Crippen LogP contribution >= 0.6 is 0 Å². The third-order valence-electron chi connectivity index (χ3n) is 1.84. The van der Waals surface area contributed by atoms with E-state index in [4.69, 9.17) is 4.74 Å². The molecule has 0 aliphatic carbocycles. The molecule has 1 aromatic rings. The molecule has 2 rings (SSSR count). The van der Waals surface area contributed by atoms with Crippen LogP contribution in [0.2, 0.25) is 0 Å². The van der Waals surface area contributed by atoms with E-state index in [0.717, 1.165) is 0 Å². The summed E-state index contributed by atoms with van der Waals surface area (Å²) < 4.78 is 5.22. The van der Waals surface area contributed by atoms with Crippen molar-refractivity contribution in [3.05, 3.63) is 18.2 Å². The zero-order valence-electron chi connectivity index (χ0n) is 6.91. The van der Waals surface area contributed by atoms with Gasteiger partial charge >= 0.3 is 0 Å². The molecule has 4 nitrogen and oxygen atoms in total. The molecule has 0 saturated carbocycles. The molecule has 4 heteroatoms. The van der Waals surface area contributed by atoms with Crippen molar-refractivity contribution in [2.75, 3.05) is 11.9 Å². The number of carbonyl (C=O) groups excluding carboxylic acids is 1. The van der Waals surface area contributed by atoms with Crippen molar-refractivity contribution in [3.63, 3.8) is 0 Å². The van der Waals surface area contributed by atoms with Crippen LogP contribution in [-0.2, 0) is 4.79 Å². The highest BCUT2D eigenvalue weighted by atomic mass is 16.5. The molecule has 68 valence electrons. The fourth-order valence-electron chi connectivity index (χ4n) is 1.23. The van der Waals surface area contributed by atoms with Crippen molar-refractivity contribution in [3.8, 4) is 11.5 Å². The summed E-state index contributed by atoms with van der Waals surface area (Å²) in [6.45, 7) is 0.302. The van der Waals surface area contributed by atoms with Gasteiger partial charge in [-0.1, -0.05) is 6.07 Å². The molecule has 0 spiro atoms. The number of para-hydroxylation sites is 1. The first kappa shape index (κ1) is 7.91. The quantitative estimate of drug-likeness (QED) is 0.627. The Morgan fingerprint density at radius 1 is 1.46 bits per heavy atom. The number of phenols is 1. The molecule has 0 saturated heterocycles. The van der Waals surface area contributed by atoms with Crippen molar-refractivity contribution in [1.29, 1.82) is 0 Å². The predicted octanol–water partition coefficient (Wildman–Crippen LogP) is 1.11. The molecule has 0 aromatic heterocycles. The number of carbonyl (C=O) groups is 1. The Labute approximate surface area is 75.1 Å². The van der Waals surface area contributed by atoms with Crippen LogP contribution in [0.5, 0.6) is 11.5 Å². The Morgan fingerprint density at radius 2 is 2.31 bits per heavy atom. The van der Waals surface area contributed by atoms with Crippen LogP contribution in [0.4, 0.5) is 5.69 Å². The molecule has 0 atom stereocenters. The molecule has 1 aromatic carbocycles. The van der Waals surface area contributed by atoms with E-state index < -0.39 is 0 Å². The molecule has 1 aliphatic rings. The summed E-state index contributed by atoms with van der Waals surface area (Å²) in [5.41, 5.74) is 0.530. The van der Waals surface area contributed by atoms with E-state index in [1.165, 1.54) is 6.07 Å². The molecule has 1 heterocycles. The number of rotatable bonds is 0. The number of hydrogen-bond donors (Lipinski definition) is 2. The van der Waals surface area contributed by atoms with Crippen molar-refractivity contribution >= 4 is 11.6 Å². The van der Waals surface area contributed by atoms with Gasteiger partial charge < -0.3 is 15.2 Å². The minimum Gasteiger partial charge on any atom is -0.504 e. The first-order chi connectivity index (χ1) is 6.27. The van der Waals surface area contributed by atoms with E-state index in [0.29, 0.717) is 24.5 Å². The Bertz CT molecular complexity index is 349. The molecule has 1 amide bonds. The van der Waals surface area contributed by atoms with Crippen LogP contribution in [0.1, 0.15) is 6.42 Å². The van der Waals surface area contributed by atoms with Crippen LogP contribution in [0.3, 0.4) is 0 Å². The number of benzene rings is 1. The SMILES string of the molecule is O=C1CCOc2c(O)cccc2N1. The van der Waals surface area contributed by atoms with Crippen LogP contribution in [0.25, 0.3) is 0 Å². The summed E-state index contributed by atoms with van der Waals surface area (Å²) in [7, 11) is 0. The normalized spacial score (nSPS) is 15.2. The van der Waals surface area contributed by atoms with Gasteiger partial charge in [0.2, 0.25) is 5.91 Å². The third kappa shape index (κ3) is 1.42. The highest BCUT2D eigenvalue weighted by Crippen LogP contribution is 2.35. The minimum atomic E-state index is -0.0932. The average Bonchev–Trinajstić information content (AvgIpc) is 2.27. The predicted molar refractivity (Wildman–Crippen MR) is 46.8 cm³/mol. The standard InChI is InChI=1S/C9H9NO3/c11-7-3-1-2-6-9(7)13-5-4-8(12)10-6/h1-3,11H,4-5H2,(H,10,12). The van der Waals surface area contributed by atoms with Gasteiger partial charge in [-0.05, 0) is 12.1 Å². The maximum absolute atomic E-state index is 11.1. The van der Waals surface area contributed by atoms with Gasteiger partial charge in [0, 0.05) is 0 Å². The van der Waals surface area contributed by atoms with Gasteiger partial charge in [0.1, 0.15) is 0 Å². The highest BCUT2D eigenvalue weighted by molar-refractivity contribution is 5.93. The van der Waals surface area contributed by atoms with E-state index >= 15 is 0 Å². The Balaban J connectivity index is 2.45. The monoisotopic (exact) mass is 179 g/mol. The molecular weight excluding hydrogens is 170 g/mol. The zero-order valence-corrected chi connectivity index (χ0v) is 6.91. The number of hydrogen-bond acceptors (Lipinski definition) is 3. The smallest absolute Gasteiger partial charge is 0.227 e. The van der Waals surface area contributed by atoms with E-state index in [2.05, 4.69) is 5.32 Å². The third-order valence-corrected chi connectivity index (χ3v) is 1.84. The van der Waals surface area contributed by atoms with Gasteiger partial charge in [0.15, 0.2) is 11.5 Å². The molecular formula is C9H9NO3. The van der Waals surface area contributed by atoms with Crippen LogP contribution in [0.15, 0.2) is 18.2 Å². The van der Waals surface area contributed by atoms with Gasteiger partial charge in [-0.15, -0.1) is 0 Å². The van der Waals surface area contributed by atoms with Crippen molar-refractivity contribution < 1.29 is 14.6 Å². The number of amides is 1. The Kier molecular flexibility index (Phi) is 1.81. The fraction of sp³-hybridized carbons (Fsp3) is 0.222. The minimum absolute atomic E-state index is 0.0553. The number of nitrogens with one attached hydrogen (secondary N) is 1. The number of anilines is 1. The topological polar surface area (TPSA) is 58.6 Å². The summed E-state index contributed by atoms with van der Waals surface area (Å²) in [6, 6.07) is 4.87. The lowest BCUT2D eigenvalue weighted by Gasteiger charge is -2.07. The van der Waals surface area contributed by atoms with E-state index in [9.17, 15) is 9.90 Å². The van der Waals surface area contributed by atoms with E-state index in [-0.39, 0.29) is 11.7 Å². The fourth-order valence-corrected chi connectivity index (χ4v) is 1.23. The lowest BCUT2D eigenvalue weighted by molar-refractivity contribution is -0.116. The molecule has 0 fully saturated rings. The number of aromatic hydroxyl groups is 1. The Morgan fingerprint density at radius 3 is 3.15 bits per heavy atom. The first-order valence-electron chi connectivity index (χ1n) is 4.02. The lowest BCUT2D eigenvalue weighted by atomic mass is 10.2. The second-order valence-corrected chi connectivity index (χ2v) is 2.80. The molecule has 1 aliphatic heterocycles. The second-order valence-electron chi connectivity index (χ2n) is 2.80. The second kappa shape index (κ2) is 2.97. The first-order valence-corrected chi connectivity index (χ1v) is 4.02. The lowest BCUT2D eigenvalue weighted by Crippen LogP contribution is -2.10. The van der Waals surface area contributed by atoms with Crippen molar-refractivity contribution in [2.45, 2.75) is 6.42 Å². The highest BCUT2D eigenvalue weighted by Gasteiger charge is 2.15. The van der Waals surface area contributed by atoms with Gasteiger partial charge in [-0.25, -0.2) is 0 Å². The molecule has 2 N–H and O–H groups in total. The van der Waals surface area contributed by atoms with Crippen LogP contribution in [0, 0.1) is 0 Å². The summed E-state index contributed by atoms with van der Waals surface area (Å²) in [4.78, 5) is 11.1. The summed E-state index contributed by atoms with van der Waals surface area (Å²) in [5.74, 6) is 0.317. The van der Waals surface area contributed by atoms with Gasteiger partial charge in [-0.2, -0.15) is 0 Å². The maximum atomic E-state index is 11.1. The van der Waals surface area contributed by atoms with E-state index in [1.807, 2.05) is 0 Å². The number of fused-ring (bicyclic) bond motifs is 1. The maximum Gasteiger partial charge on any atom is 0.227 e. The average molecular weight is 179 g/mol. The zero-order chi connectivity index (χ0) is 9.26. The molecule has 0 radical (unpaired) electrons. The largest absolute Gasteiger partial charge is 0.504 e. The summed E-state index contributed by atoms with van der Waals surface area (Å²) >= 11 is 0. The number of phenolic OH excluding ortho intramolecular Hbond substituents is 1. The Hall–Kier alpha value is -1.71. The summed E-state index contributed by atoms with van der Waals surface area (Å²) in [5, 5.41) is 12.0. The summed E-state index contributed by atoms with van der Waals surface area (Å²) in [6.07, 6.45) is 0.314. The molecule has 0 bridgehead atoms. The van der Waals surface area contributed by atoms with Crippen molar-refractivity contribution in [2.24, 2.45) is 0 Å². The van der Waals surface area contributed by atoms with E-state index in [1.54, 1.807) is 12.1 Å². The van der Waals surface area contributed by atoms with Crippen LogP contribution < -0.4 is 10.1 Å². The van der Waals surface area contributed by atoms with Crippen LogP contribution in [-0.4, -0.2) is 17.6 Å². The molecule has 13 heavy (non-hydrogen) atoms. The van der Waals surface area contributed by atoms with Crippen molar-refractivity contribution in [1.82, 2.24) is 0 Å².